The Labute approximate surface area is 143 Å². The molecule has 0 spiro atoms. The van der Waals surface area contributed by atoms with Gasteiger partial charge in [-0.25, -0.2) is 0 Å². The summed E-state index contributed by atoms with van der Waals surface area (Å²) >= 11 is 0. The predicted octanol–water partition coefficient (Wildman–Crippen LogP) is 2.82. The Hall–Kier alpha value is -3.29. The summed E-state index contributed by atoms with van der Waals surface area (Å²) in [5, 5.41) is 40.0. The number of carbonyl (C=O) groups is 1. The zero-order valence-electron chi connectivity index (χ0n) is 13.4. The molecule has 0 radical (unpaired) electrons. The molecule has 2 rings (SSSR count). The van der Waals surface area contributed by atoms with Crippen molar-refractivity contribution in [3.05, 3.63) is 57.6 Å². The number of rotatable bonds is 7. The third kappa shape index (κ3) is 4.17. The van der Waals surface area contributed by atoms with Crippen molar-refractivity contribution in [2.75, 3.05) is 6.61 Å². The number of aromatic hydroxyl groups is 2. The SMILES string of the molecule is CCOc1cc(CC(C(=O)O)c2cccc(O)c2)cc([N+](=O)[O-])c1O. The fourth-order valence-corrected chi connectivity index (χ4v) is 2.50. The number of phenols is 2. The number of hydrogen-bond acceptors (Lipinski definition) is 6. The number of nitrogens with zero attached hydrogens (tertiary/aromatic N) is 1. The number of ether oxygens (including phenoxy) is 1. The smallest absolute Gasteiger partial charge is 0.314 e. The highest BCUT2D eigenvalue weighted by Gasteiger charge is 2.25. The van der Waals surface area contributed by atoms with E-state index in [1.807, 2.05) is 0 Å². The Morgan fingerprint density at radius 2 is 2.00 bits per heavy atom. The standard InChI is InChI=1S/C17H17NO7/c1-2-25-15-8-10(7-14(16(15)20)18(23)24)6-13(17(21)22)11-4-3-5-12(19)9-11/h3-5,7-9,13,19-20H,2,6H2,1H3,(H,21,22). The molecule has 0 amide bonds. The number of hydrogen-bond donors (Lipinski definition) is 3. The molecule has 8 heteroatoms. The van der Waals surface area contributed by atoms with Gasteiger partial charge in [-0.1, -0.05) is 12.1 Å². The minimum Gasteiger partial charge on any atom is -0.508 e. The first-order valence-electron chi connectivity index (χ1n) is 7.48. The summed E-state index contributed by atoms with van der Waals surface area (Å²) < 4.78 is 5.19. The minimum absolute atomic E-state index is 0.0695. The first kappa shape index (κ1) is 18.1. The lowest BCUT2D eigenvalue weighted by atomic mass is 9.91. The van der Waals surface area contributed by atoms with Crippen LogP contribution in [-0.4, -0.2) is 32.8 Å². The lowest BCUT2D eigenvalue weighted by Gasteiger charge is -2.15. The second kappa shape index (κ2) is 7.52. The van der Waals surface area contributed by atoms with Gasteiger partial charge in [0.1, 0.15) is 5.75 Å². The molecular weight excluding hydrogens is 330 g/mol. The Balaban J connectivity index is 2.45. The number of nitro benzene ring substituents is 1. The summed E-state index contributed by atoms with van der Waals surface area (Å²) in [5.41, 5.74) is 0.130. The largest absolute Gasteiger partial charge is 0.508 e. The van der Waals surface area contributed by atoms with E-state index in [1.165, 1.54) is 24.3 Å². The average molecular weight is 347 g/mol. The Morgan fingerprint density at radius 1 is 1.28 bits per heavy atom. The van der Waals surface area contributed by atoms with Crippen LogP contribution in [0, 0.1) is 10.1 Å². The highest BCUT2D eigenvalue weighted by atomic mass is 16.6. The number of aliphatic carboxylic acids is 1. The van der Waals surface area contributed by atoms with E-state index in [4.69, 9.17) is 4.74 Å². The summed E-state index contributed by atoms with van der Waals surface area (Å²) in [4.78, 5) is 22.0. The van der Waals surface area contributed by atoms with Crippen LogP contribution < -0.4 is 4.74 Å². The second-order valence-corrected chi connectivity index (χ2v) is 5.34. The van der Waals surface area contributed by atoms with E-state index in [2.05, 4.69) is 0 Å². The first-order valence-corrected chi connectivity index (χ1v) is 7.48. The molecule has 1 unspecified atom stereocenters. The molecule has 8 nitrogen and oxygen atoms in total. The van der Waals surface area contributed by atoms with E-state index >= 15 is 0 Å². The maximum absolute atomic E-state index is 11.6. The van der Waals surface area contributed by atoms with Gasteiger partial charge in [-0.05, 0) is 42.7 Å². The van der Waals surface area contributed by atoms with Crippen molar-refractivity contribution in [3.63, 3.8) is 0 Å². The number of carboxylic acid groups (broad SMARTS) is 1. The van der Waals surface area contributed by atoms with Crippen molar-refractivity contribution in [1.29, 1.82) is 0 Å². The molecule has 0 heterocycles. The van der Waals surface area contributed by atoms with Gasteiger partial charge in [0.05, 0.1) is 17.4 Å². The lowest BCUT2D eigenvalue weighted by Crippen LogP contribution is -2.14. The second-order valence-electron chi connectivity index (χ2n) is 5.34. The zero-order chi connectivity index (χ0) is 18.6. The fourth-order valence-electron chi connectivity index (χ4n) is 2.50. The van der Waals surface area contributed by atoms with Gasteiger partial charge in [0.15, 0.2) is 5.75 Å². The van der Waals surface area contributed by atoms with Crippen LogP contribution in [0.4, 0.5) is 5.69 Å². The van der Waals surface area contributed by atoms with Gasteiger partial charge >= 0.3 is 11.7 Å². The number of phenolic OH excluding ortho intramolecular Hbond substituents is 2. The molecule has 0 aliphatic heterocycles. The van der Waals surface area contributed by atoms with Crippen molar-refractivity contribution in [2.45, 2.75) is 19.3 Å². The summed E-state index contributed by atoms with van der Waals surface area (Å²) in [5.74, 6) is -2.91. The molecule has 0 saturated heterocycles. The van der Waals surface area contributed by atoms with Crippen LogP contribution in [0.1, 0.15) is 24.0 Å². The fraction of sp³-hybridized carbons (Fsp3) is 0.235. The van der Waals surface area contributed by atoms with Gasteiger partial charge in [0.2, 0.25) is 5.75 Å². The van der Waals surface area contributed by atoms with Gasteiger partial charge in [-0.15, -0.1) is 0 Å². The Bertz CT molecular complexity index is 804. The minimum atomic E-state index is -1.14. The van der Waals surface area contributed by atoms with Crippen molar-refractivity contribution in [2.24, 2.45) is 0 Å². The molecule has 0 aromatic heterocycles. The van der Waals surface area contributed by atoms with Crippen LogP contribution in [0.15, 0.2) is 36.4 Å². The topological polar surface area (TPSA) is 130 Å². The van der Waals surface area contributed by atoms with Crippen molar-refractivity contribution in [3.8, 4) is 17.2 Å². The molecule has 2 aromatic carbocycles. The van der Waals surface area contributed by atoms with Crippen LogP contribution in [0.25, 0.3) is 0 Å². The van der Waals surface area contributed by atoms with Crippen molar-refractivity contribution < 1.29 is 29.8 Å². The summed E-state index contributed by atoms with van der Waals surface area (Å²) in [7, 11) is 0. The molecule has 2 aromatic rings. The van der Waals surface area contributed by atoms with Crippen LogP contribution in [-0.2, 0) is 11.2 Å². The molecule has 0 saturated carbocycles. The molecule has 0 aliphatic carbocycles. The van der Waals surface area contributed by atoms with E-state index in [0.717, 1.165) is 6.07 Å². The maximum Gasteiger partial charge on any atom is 0.314 e. The van der Waals surface area contributed by atoms with Gasteiger partial charge in [0, 0.05) is 6.07 Å². The quantitative estimate of drug-likeness (QED) is 0.518. The van der Waals surface area contributed by atoms with Gasteiger partial charge in [0.25, 0.3) is 0 Å². The summed E-state index contributed by atoms with van der Waals surface area (Å²) in [6.45, 7) is 1.84. The van der Waals surface area contributed by atoms with Crippen molar-refractivity contribution >= 4 is 11.7 Å². The molecule has 0 bridgehead atoms. The van der Waals surface area contributed by atoms with Gasteiger partial charge in [-0.3, -0.25) is 14.9 Å². The molecule has 25 heavy (non-hydrogen) atoms. The number of carboxylic acids is 1. The van der Waals surface area contributed by atoms with E-state index in [1.54, 1.807) is 13.0 Å². The van der Waals surface area contributed by atoms with Crippen LogP contribution in [0.2, 0.25) is 0 Å². The van der Waals surface area contributed by atoms with Gasteiger partial charge in [-0.2, -0.15) is 0 Å². The predicted molar refractivity (Wildman–Crippen MR) is 88.1 cm³/mol. The van der Waals surface area contributed by atoms with Crippen molar-refractivity contribution in [1.82, 2.24) is 0 Å². The highest BCUT2D eigenvalue weighted by molar-refractivity contribution is 5.77. The normalized spacial score (nSPS) is 11.7. The van der Waals surface area contributed by atoms with Crippen LogP contribution in [0.5, 0.6) is 17.2 Å². The third-order valence-corrected chi connectivity index (χ3v) is 3.62. The molecule has 3 N–H and O–H groups in total. The van der Waals surface area contributed by atoms with E-state index < -0.39 is 28.2 Å². The van der Waals surface area contributed by atoms with E-state index in [0.29, 0.717) is 11.1 Å². The number of benzene rings is 2. The van der Waals surface area contributed by atoms with Crippen LogP contribution >= 0.6 is 0 Å². The zero-order valence-corrected chi connectivity index (χ0v) is 13.4. The maximum atomic E-state index is 11.6. The Kier molecular flexibility index (Phi) is 5.43. The highest BCUT2D eigenvalue weighted by Crippen LogP contribution is 2.38. The molecular formula is C17H17NO7. The first-order chi connectivity index (χ1) is 11.8. The summed E-state index contributed by atoms with van der Waals surface area (Å²) in [6, 6.07) is 8.32. The third-order valence-electron chi connectivity index (χ3n) is 3.62. The molecule has 0 fully saturated rings. The molecule has 132 valence electrons. The summed E-state index contributed by atoms with van der Waals surface area (Å²) in [6.07, 6.45) is -0.0695. The monoisotopic (exact) mass is 347 g/mol. The van der Waals surface area contributed by atoms with Crippen LogP contribution in [0.3, 0.4) is 0 Å². The van der Waals surface area contributed by atoms with Gasteiger partial charge < -0.3 is 20.1 Å². The van der Waals surface area contributed by atoms with E-state index in [9.17, 15) is 30.2 Å². The average Bonchev–Trinajstić information content (AvgIpc) is 2.54. The number of nitro groups is 1. The lowest BCUT2D eigenvalue weighted by molar-refractivity contribution is -0.386. The Morgan fingerprint density at radius 3 is 2.56 bits per heavy atom. The molecule has 1 atom stereocenters. The molecule has 0 aliphatic rings. The van der Waals surface area contributed by atoms with E-state index in [-0.39, 0.29) is 24.5 Å².